The SMILES string of the molecule is Cc1ccc(-c2cnc(OCC3CCN(C(=O)OC(C)(C)C)CC3)nc2)cc1. The van der Waals surface area contributed by atoms with E-state index in [4.69, 9.17) is 9.47 Å². The lowest BCUT2D eigenvalue weighted by molar-refractivity contribution is 0.0163. The topological polar surface area (TPSA) is 64.5 Å². The minimum absolute atomic E-state index is 0.234. The first-order valence-electron chi connectivity index (χ1n) is 9.80. The average Bonchev–Trinajstić information content (AvgIpc) is 2.66. The number of hydrogen-bond donors (Lipinski definition) is 0. The van der Waals surface area contributed by atoms with Crippen molar-refractivity contribution < 1.29 is 14.3 Å². The number of amides is 1. The highest BCUT2D eigenvalue weighted by atomic mass is 16.6. The van der Waals surface area contributed by atoms with Gasteiger partial charge in [0.15, 0.2) is 0 Å². The molecule has 150 valence electrons. The van der Waals surface area contributed by atoms with Crippen molar-refractivity contribution in [1.82, 2.24) is 14.9 Å². The third-order valence-electron chi connectivity index (χ3n) is 4.73. The predicted molar refractivity (Wildman–Crippen MR) is 108 cm³/mol. The maximum atomic E-state index is 12.1. The second kappa shape index (κ2) is 8.59. The van der Waals surface area contributed by atoms with E-state index in [9.17, 15) is 4.79 Å². The largest absolute Gasteiger partial charge is 0.463 e. The molecular weight excluding hydrogens is 354 g/mol. The number of aryl methyl sites for hydroxylation is 1. The molecule has 1 aliphatic heterocycles. The van der Waals surface area contributed by atoms with Crippen LogP contribution in [0.15, 0.2) is 36.7 Å². The summed E-state index contributed by atoms with van der Waals surface area (Å²) in [7, 11) is 0. The van der Waals surface area contributed by atoms with Crippen LogP contribution >= 0.6 is 0 Å². The van der Waals surface area contributed by atoms with Crippen molar-refractivity contribution in [3.05, 3.63) is 42.2 Å². The normalized spacial score (nSPS) is 15.4. The molecule has 1 saturated heterocycles. The Kier molecular flexibility index (Phi) is 6.17. The summed E-state index contributed by atoms with van der Waals surface area (Å²) < 4.78 is 11.2. The Labute approximate surface area is 166 Å². The number of likely N-dealkylation sites (tertiary alicyclic amines) is 1. The van der Waals surface area contributed by atoms with Gasteiger partial charge in [-0.1, -0.05) is 29.8 Å². The highest BCUT2D eigenvalue weighted by molar-refractivity contribution is 5.68. The van der Waals surface area contributed by atoms with E-state index in [2.05, 4.69) is 41.2 Å². The van der Waals surface area contributed by atoms with Gasteiger partial charge in [0, 0.05) is 31.0 Å². The van der Waals surface area contributed by atoms with Gasteiger partial charge in [0.05, 0.1) is 6.61 Å². The molecule has 0 bridgehead atoms. The van der Waals surface area contributed by atoms with Crippen molar-refractivity contribution >= 4 is 6.09 Å². The van der Waals surface area contributed by atoms with Crippen LogP contribution in [0.4, 0.5) is 4.79 Å². The number of carbonyl (C=O) groups excluding carboxylic acids is 1. The Morgan fingerprint density at radius 3 is 2.25 bits per heavy atom. The minimum atomic E-state index is -0.459. The molecule has 0 N–H and O–H groups in total. The van der Waals surface area contributed by atoms with Gasteiger partial charge in [-0.3, -0.25) is 0 Å². The summed E-state index contributed by atoms with van der Waals surface area (Å²) >= 11 is 0. The maximum absolute atomic E-state index is 12.1. The number of benzene rings is 1. The Bertz CT molecular complexity index is 774. The van der Waals surface area contributed by atoms with Crippen LogP contribution in [-0.4, -0.2) is 46.3 Å². The van der Waals surface area contributed by atoms with E-state index < -0.39 is 5.60 Å². The average molecular weight is 383 g/mol. The number of rotatable bonds is 4. The summed E-state index contributed by atoms with van der Waals surface area (Å²) in [6.45, 7) is 9.66. The number of piperidine rings is 1. The molecule has 28 heavy (non-hydrogen) atoms. The van der Waals surface area contributed by atoms with E-state index in [1.165, 1.54) is 5.56 Å². The number of ether oxygens (including phenoxy) is 2. The maximum Gasteiger partial charge on any atom is 0.410 e. The van der Waals surface area contributed by atoms with E-state index in [1.54, 1.807) is 17.3 Å². The van der Waals surface area contributed by atoms with Crippen LogP contribution in [0.3, 0.4) is 0 Å². The van der Waals surface area contributed by atoms with Crippen molar-refractivity contribution in [2.45, 2.75) is 46.1 Å². The van der Waals surface area contributed by atoms with Crippen LogP contribution in [0.1, 0.15) is 39.2 Å². The second-order valence-electron chi connectivity index (χ2n) is 8.34. The van der Waals surface area contributed by atoms with E-state index in [0.29, 0.717) is 31.6 Å². The molecule has 0 saturated carbocycles. The summed E-state index contributed by atoms with van der Waals surface area (Å²) in [4.78, 5) is 22.5. The molecule has 1 aromatic carbocycles. The quantitative estimate of drug-likeness (QED) is 0.779. The van der Waals surface area contributed by atoms with Gasteiger partial charge in [0.1, 0.15) is 5.60 Å². The van der Waals surface area contributed by atoms with E-state index in [0.717, 1.165) is 24.0 Å². The molecular formula is C22H29N3O3. The fourth-order valence-corrected chi connectivity index (χ4v) is 3.09. The Hall–Kier alpha value is -2.63. The number of nitrogens with zero attached hydrogens (tertiary/aromatic N) is 3. The van der Waals surface area contributed by atoms with Crippen molar-refractivity contribution in [2.24, 2.45) is 5.92 Å². The molecule has 0 aliphatic carbocycles. The zero-order valence-electron chi connectivity index (χ0n) is 17.1. The van der Waals surface area contributed by atoms with Crippen LogP contribution in [0.5, 0.6) is 6.01 Å². The molecule has 6 nitrogen and oxygen atoms in total. The van der Waals surface area contributed by atoms with Crippen molar-refractivity contribution in [3.8, 4) is 17.1 Å². The van der Waals surface area contributed by atoms with E-state index >= 15 is 0 Å². The predicted octanol–water partition coefficient (Wildman–Crippen LogP) is 4.48. The molecule has 3 rings (SSSR count). The first kappa shape index (κ1) is 20.1. The first-order valence-corrected chi connectivity index (χ1v) is 9.80. The molecule has 6 heteroatoms. The lowest BCUT2D eigenvalue weighted by atomic mass is 9.98. The first-order chi connectivity index (χ1) is 13.3. The summed E-state index contributed by atoms with van der Waals surface area (Å²) in [6, 6.07) is 8.66. The molecule has 0 radical (unpaired) electrons. The smallest absolute Gasteiger partial charge is 0.410 e. The van der Waals surface area contributed by atoms with Gasteiger partial charge < -0.3 is 14.4 Å². The Morgan fingerprint density at radius 1 is 1.07 bits per heavy atom. The second-order valence-corrected chi connectivity index (χ2v) is 8.34. The van der Waals surface area contributed by atoms with Gasteiger partial charge in [0.2, 0.25) is 0 Å². The van der Waals surface area contributed by atoms with Gasteiger partial charge in [-0.05, 0) is 52.0 Å². The van der Waals surface area contributed by atoms with Crippen LogP contribution in [0, 0.1) is 12.8 Å². The monoisotopic (exact) mass is 383 g/mol. The molecule has 1 aromatic heterocycles. The van der Waals surface area contributed by atoms with Gasteiger partial charge in [0.25, 0.3) is 0 Å². The zero-order valence-corrected chi connectivity index (χ0v) is 17.1. The van der Waals surface area contributed by atoms with Crippen LogP contribution in [0.25, 0.3) is 11.1 Å². The fourth-order valence-electron chi connectivity index (χ4n) is 3.09. The van der Waals surface area contributed by atoms with Gasteiger partial charge in [-0.2, -0.15) is 0 Å². The summed E-state index contributed by atoms with van der Waals surface area (Å²) in [5, 5.41) is 0. The lowest BCUT2D eigenvalue weighted by Gasteiger charge is -2.33. The molecule has 0 atom stereocenters. The number of carbonyl (C=O) groups is 1. The van der Waals surface area contributed by atoms with Crippen LogP contribution in [0.2, 0.25) is 0 Å². The zero-order chi connectivity index (χ0) is 20.1. The molecule has 1 amide bonds. The van der Waals surface area contributed by atoms with E-state index in [-0.39, 0.29) is 6.09 Å². The number of aromatic nitrogens is 2. The van der Waals surface area contributed by atoms with Gasteiger partial charge in [-0.25, -0.2) is 14.8 Å². The van der Waals surface area contributed by atoms with Crippen molar-refractivity contribution in [1.29, 1.82) is 0 Å². The molecule has 0 unspecified atom stereocenters. The van der Waals surface area contributed by atoms with Crippen LogP contribution in [-0.2, 0) is 4.74 Å². The minimum Gasteiger partial charge on any atom is -0.463 e. The van der Waals surface area contributed by atoms with Crippen molar-refractivity contribution in [3.63, 3.8) is 0 Å². The molecule has 1 fully saturated rings. The Balaban J connectivity index is 1.45. The third kappa shape index (κ3) is 5.68. The summed E-state index contributed by atoms with van der Waals surface area (Å²) in [5.74, 6) is 0.388. The Morgan fingerprint density at radius 2 is 1.68 bits per heavy atom. The van der Waals surface area contributed by atoms with Crippen molar-refractivity contribution in [2.75, 3.05) is 19.7 Å². The lowest BCUT2D eigenvalue weighted by Crippen LogP contribution is -2.42. The van der Waals surface area contributed by atoms with Crippen LogP contribution < -0.4 is 4.74 Å². The van der Waals surface area contributed by atoms with Gasteiger partial charge >= 0.3 is 12.1 Å². The highest BCUT2D eigenvalue weighted by Crippen LogP contribution is 2.22. The molecule has 1 aliphatic rings. The highest BCUT2D eigenvalue weighted by Gasteiger charge is 2.27. The molecule has 2 aromatic rings. The van der Waals surface area contributed by atoms with Gasteiger partial charge in [-0.15, -0.1) is 0 Å². The standard InChI is InChI=1S/C22H29N3O3/c1-16-5-7-18(8-6-16)19-13-23-20(24-14-19)27-15-17-9-11-25(12-10-17)21(26)28-22(2,3)4/h5-8,13-14,17H,9-12,15H2,1-4H3. The summed E-state index contributed by atoms with van der Waals surface area (Å²) in [6.07, 6.45) is 5.12. The molecule has 0 spiro atoms. The number of hydrogen-bond acceptors (Lipinski definition) is 5. The van der Waals surface area contributed by atoms with E-state index in [1.807, 2.05) is 20.8 Å². The third-order valence-corrected chi connectivity index (χ3v) is 4.73. The summed E-state index contributed by atoms with van der Waals surface area (Å²) in [5.41, 5.74) is 2.83. The molecule has 2 heterocycles. The fraction of sp³-hybridized carbons (Fsp3) is 0.500.